The second-order valence-electron chi connectivity index (χ2n) is 4.56. The Morgan fingerprint density at radius 2 is 2.06 bits per heavy atom. The van der Waals surface area contributed by atoms with Crippen molar-refractivity contribution in [1.29, 1.82) is 0 Å². The fourth-order valence-corrected chi connectivity index (χ4v) is 2.23. The van der Waals surface area contributed by atoms with Crippen LogP contribution >= 0.6 is 11.8 Å². The number of H-pyrrole nitrogens is 1. The molecule has 0 saturated heterocycles. The van der Waals surface area contributed by atoms with Gasteiger partial charge in [0.15, 0.2) is 5.16 Å². The topological polar surface area (TPSA) is 53.6 Å². The molecule has 0 fully saturated rings. The molecule has 0 saturated carbocycles. The van der Waals surface area contributed by atoms with E-state index in [0.29, 0.717) is 5.92 Å². The summed E-state index contributed by atoms with van der Waals surface area (Å²) in [5.74, 6) is 0.686. The van der Waals surface area contributed by atoms with Gasteiger partial charge in [0.2, 0.25) is 0 Å². The molecule has 0 amide bonds. The molecule has 0 atom stereocenters. The Morgan fingerprint density at radius 3 is 2.67 bits per heavy atom. The van der Waals surface area contributed by atoms with Crippen LogP contribution in [0.3, 0.4) is 0 Å². The highest BCUT2D eigenvalue weighted by atomic mass is 32.2. The van der Waals surface area contributed by atoms with Gasteiger partial charge in [-0.25, -0.2) is 4.98 Å². The Morgan fingerprint density at radius 1 is 1.28 bits per heavy atom. The van der Waals surface area contributed by atoms with Crippen molar-refractivity contribution in [1.82, 2.24) is 20.5 Å². The summed E-state index contributed by atoms with van der Waals surface area (Å²) in [6.45, 7) is 6.40. The molecule has 0 aliphatic rings. The second kappa shape index (κ2) is 6.56. The number of hydrogen-bond donors (Lipinski definition) is 2. The van der Waals surface area contributed by atoms with Crippen molar-refractivity contribution >= 4 is 11.8 Å². The molecular formula is C13H18N4S. The first-order valence-corrected chi connectivity index (χ1v) is 6.88. The van der Waals surface area contributed by atoms with Crippen LogP contribution in [0, 0.1) is 5.92 Å². The van der Waals surface area contributed by atoms with Crippen molar-refractivity contribution in [3.05, 3.63) is 36.2 Å². The molecule has 96 valence electrons. The van der Waals surface area contributed by atoms with E-state index in [1.807, 2.05) is 0 Å². The largest absolute Gasteiger partial charge is 0.312 e. The van der Waals surface area contributed by atoms with E-state index >= 15 is 0 Å². The SMILES string of the molecule is CC(C)CNCc1ccc(Sc2ncn[nH]2)cc1. The monoisotopic (exact) mass is 262 g/mol. The van der Waals surface area contributed by atoms with Gasteiger partial charge in [-0.15, -0.1) is 0 Å². The molecule has 0 aliphatic carbocycles. The predicted molar refractivity (Wildman–Crippen MR) is 73.5 cm³/mol. The maximum atomic E-state index is 4.09. The third-order valence-electron chi connectivity index (χ3n) is 2.41. The lowest BCUT2D eigenvalue weighted by Crippen LogP contribution is -2.18. The summed E-state index contributed by atoms with van der Waals surface area (Å²) in [7, 11) is 0. The van der Waals surface area contributed by atoms with Crippen molar-refractivity contribution in [3.63, 3.8) is 0 Å². The van der Waals surface area contributed by atoms with Crippen LogP contribution in [0.4, 0.5) is 0 Å². The first-order chi connectivity index (χ1) is 8.74. The lowest BCUT2D eigenvalue weighted by Gasteiger charge is -2.07. The van der Waals surface area contributed by atoms with Crippen molar-refractivity contribution in [2.45, 2.75) is 30.4 Å². The second-order valence-corrected chi connectivity index (χ2v) is 5.62. The molecule has 0 radical (unpaired) electrons. The summed E-state index contributed by atoms with van der Waals surface area (Å²) in [5, 5.41) is 10.9. The van der Waals surface area contributed by atoms with Gasteiger partial charge in [-0.2, -0.15) is 5.10 Å². The van der Waals surface area contributed by atoms with Crippen molar-refractivity contribution in [3.8, 4) is 0 Å². The van der Waals surface area contributed by atoms with Crippen LogP contribution in [0.15, 0.2) is 40.6 Å². The van der Waals surface area contributed by atoms with Gasteiger partial charge in [0.1, 0.15) is 6.33 Å². The number of aromatic amines is 1. The number of hydrogen-bond acceptors (Lipinski definition) is 4. The van der Waals surface area contributed by atoms with E-state index in [-0.39, 0.29) is 0 Å². The van der Waals surface area contributed by atoms with Gasteiger partial charge in [0, 0.05) is 11.4 Å². The molecule has 2 N–H and O–H groups in total. The Kier molecular flexibility index (Phi) is 4.78. The summed E-state index contributed by atoms with van der Waals surface area (Å²) in [4.78, 5) is 5.25. The van der Waals surface area contributed by atoms with Gasteiger partial charge >= 0.3 is 0 Å². The molecule has 0 aliphatic heterocycles. The van der Waals surface area contributed by atoms with Crippen LogP contribution in [-0.2, 0) is 6.54 Å². The molecule has 1 aromatic carbocycles. The van der Waals surface area contributed by atoms with Gasteiger partial charge in [-0.05, 0) is 30.2 Å². The molecule has 0 bridgehead atoms. The normalized spacial score (nSPS) is 11.1. The molecule has 5 heteroatoms. The van der Waals surface area contributed by atoms with Crippen molar-refractivity contribution in [2.24, 2.45) is 5.92 Å². The summed E-state index contributed by atoms with van der Waals surface area (Å²) in [5.41, 5.74) is 1.30. The number of aromatic nitrogens is 3. The molecule has 18 heavy (non-hydrogen) atoms. The molecule has 2 rings (SSSR count). The van der Waals surface area contributed by atoms with Crippen LogP contribution in [-0.4, -0.2) is 21.7 Å². The van der Waals surface area contributed by atoms with Crippen LogP contribution in [0.25, 0.3) is 0 Å². The highest BCUT2D eigenvalue weighted by Gasteiger charge is 2.00. The van der Waals surface area contributed by atoms with Crippen LogP contribution in [0.2, 0.25) is 0 Å². The van der Waals surface area contributed by atoms with Gasteiger partial charge in [0.25, 0.3) is 0 Å². The average Bonchev–Trinajstić information content (AvgIpc) is 2.84. The van der Waals surface area contributed by atoms with E-state index in [1.54, 1.807) is 11.8 Å². The summed E-state index contributed by atoms with van der Waals surface area (Å²) in [6.07, 6.45) is 1.52. The van der Waals surface area contributed by atoms with Crippen LogP contribution in [0.5, 0.6) is 0 Å². The summed E-state index contributed by atoms with van der Waals surface area (Å²) < 4.78 is 0. The predicted octanol–water partition coefficient (Wildman–Crippen LogP) is 2.70. The van der Waals surface area contributed by atoms with E-state index in [2.05, 4.69) is 58.6 Å². The fourth-order valence-electron chi connectivity index (χ4n) is 1.54. The van der Waals surface area contributed by atoms with Crippen molar-refractivity contribution < 1.29 is 0 Å². The van der Waals surface area contributed by atoms with E-state index < -0.39 is 0 Å². The smallest absolute Gasteiger partial charge is 0.188 e. The highest BCUT2D eigenvalue weighted by molar-refractivity contribution is 7.99. The zero-order valence-corrected chi connectivity index (χ0v) is 11.5. The zero-order valence-electron chi connectivity index (χ0n) is 10.7. The molecule has 0 unspecified atom stereocenters. The Labute approximate surface area is 112 Å². The van der Waals surface area contributed by atoms with E-state index in [4.69, 9.17) is 0 Å². The molecule has 1 heterocycles. The molecule has 1 aromatic heterocycles. The third kappa shape index (κ3) is 4.16. The number of benzene rings is 1. The van der Waals surface area contributed by atoms with Gasteiger partial charge in [0.05, 0.1) is 0 Å². The maximum absolute atomic E-state index is 4.09. The van der Waals surface area contributed by atoms with E-state index in [9.17, 15) is 0 Å². The average molecular weight is 262 g/mol. The van der Waals surface area contributed by atoms with Gasteiger partial charge in [-0.1, -0.05) is 37.7 Å². The zero-order chi connectivity index (χ0) is 12.8. The number of nitrogens with one attached hydrogen (secondary N) is 2. The minimum atomic E-state index is 0.686. The molecule has 0 spiro atoms. The van der Waals surface area contributed by atoms with Crippen LogP contribution in [0.1, 0.15) is 19.4 Å². The lowest BCUT2D eigenvalue weighted by molar-refractivity contribution is 0.552. The fraction of sp³-hybridized carbons (Fsp3) is 0.385. The van der Waals surface area contributed by atoms with Crippen LogP contribution < -0.4 is 5.32 Å². The molecule has 2 aromatic rings. The van der Waals surface area contributed by atoms with Crippen molar-refractivity contribution in [2.75, 3.05) is 6.54 Å². The quantitative estimate of drug-likeness (QED) is 0.840. The Hall–Kier alpha value is -1.33. The standard InChI is InChI=1S/C13H18N4S/c1-10(2)7-14-8-11-3-5-12(6-4-11)18-13-15-9-16-17-13/h3-6,9-10,14H,7-8H2,1-2H3,(H,15,16,17). The lowest BCUT2D eigenvalue weighted by atomic mass is 10.2. The van der Waals surface area contributed by atoms with E-state index in [1.165, 1.54) is 16.8 Å². The minimum absolute atomic E-state index is 0.686. The first-order valence-electron chi connectivity index (χ1n) is 6.07. The third-order valence-corrected chi connectivity index (χ3v) is 3.31. The number of nitrogens with zero attached hydrogens (tertiary/aromatic N) is 2. The highest BCUT2D eigenvalue weighted by Crippen LogP contribution is 2.23. The summed E-state index contributed by atoms with van der Waals surface area (Å²) >= 11 is 1.58. The Balaban J connectivity index is 1.85. The van der Waals surface area contributed by atoms with Gasteiger partial charge < -0.3 is 5.32 Å². The van der Waals surface area contributed by atoms with E-state index in [0.717, 1.165) is 18.2 Å². The first kappa shape index (κ1) is 13.1. The minimum Gasteiger partial charge on any atom is -0.312 e. The summed E-state index contributed by atoms with van der Waals surface area (Å²) in [6, 6.07) is 8.51. The number of rotatable bonds is 6. The van der Waals surface area contributed by atoms with Gasteiger partial charge in [-0.3, -0.25) is 5.10 Å². The Bertz CT molecular complexity index is 450. The molecular weight excluding hydrogens is 244 g/mol. The maximum Gasteiger partial charge on any atom is 0.188 e. The molecule has 4 nitrogen and oxygen atoms in total.